The quantitative estimate of drug-likeness (QED) is 0.914. The Balaban J connectivity index is 1.49. The maximum absolute atomic E-state index is 12.4. The topological polar surface area (TPSA) is 67.2 Å². The molecule has 2 atom stereocenters. The Kier molecular flexibility index (Phi) is 3.37. The molecule has 0 spiro atoms. The summed E-state index contributed by atoms with van der Waals surface area (Å²) in [5, 5.41) is 6.40. The van der Waals surface area contributed by atoms with Gasteiger partial charge in [-0.3, -0.25) is 4.79 Å². The molecule has 5 heteroatoms. The van der Waals surface area contributed by atoms with Crippen LogP contribution in [0.4, 0.5) is 5.69 Å². The Bertz CT molecular complexity index is 705. The van der Waals surface area contributed by atoms with Crippen LogP contribution in [0.3, 0.4) is 0 Å². The van der Waals surface area contributed by atoms with Crippen LogP contribution in [0.15, 0.2) is 22.6 Å². The molecule has 1 amide bonds. The molecule has 1 aromatic carbocycles. The van der Waals surface area contributed by atoms with Crippen LogP contribution < -0.4 is 10.6 Å². The van der Waals surface area contributed by atoms with Crippen LogP contribution in [0, 0.1) is 5.92 Å². The first-order valence-electron chi connectivity index (χ1n) is 8.14. The van der Waals surface area contributed by atoms with E-state index in [0.29, 0.717) is 12.0 Å². The molecule has 2 aliphatic rings. The lowest BCUT2D eigenvalue weighted by Gasteiger charge is -2.27. The summed E-state index contributed by atoms with van der Waals surface area (Å²) in [4.78, 5) is 16.9. The van der Waals surface area contributed by atoms with Gasteiger partial charge in [-0.1, -0.05) is 0 Å². The molecule has 1 aliphatic carbocycles. The van der Waals surface area contributed by atoms with Gasteiger partial charge in [-0.2, -0.15) is 0 Å². The minimum atomic E-state index is 0.0891. The average molecular weight is 299 g/mol. The van der Waals surface area contributed by atoms with Gasteiger partial charge < -0.3 is 15.1 Å². The van der Waals surface area contributed by atoms with Gasteiger partial charge in [0, 0.05) is 23.6 Å². The van der Waals surface area contributed by atoms with E-state index in [2.05, 4.69) is 22.5 Å². The summed E-state index contributed by atoms with van der Waals surface area (Å²) in [7, 11) is 0. The van der Waals surface area contributed by atoms with E-state index in [-0.39, 0.29) is 11.8 Å². The van der Waals surface area contributed by atoms with Gasteiger partial charge in [0.1, 0.15) is 5.52 Å². The molecule has 116 valence electrons. The fourth-order valence-electron chi connectivity index (χ4n) is 3.14. The zero-order valence-electron chi connectivity index (χ0n) is 12.8. The predicted octanol–water partition coefficient (Wildman–Crippen LogP) is 3.03. The van der Waals surface area contributed by atoms with Crippen LogP contribution >= 0.6 is 0 Å². The molecule has 1 saturated carbocycles. The molecule has 2 fully saturated rings. The molecule has 1 aromatic heterocycles. The number of aromatic nitrogens is 1. The number of anilines is 1. The van der Waals surface area contributed by atoms with Crippen molar-refractivity contribution in [3.63, 3.8) is 0 Å². The third-order valence-electron chi connectivity index (χ3n) is 4.59. The molecule has 0 bridgehead atoms. The van der Waals surface area contributed by atoms with E-state index in [9.17, 15) is 4.79 Å². The molecule has 1 aliphatic heterocycles. The monoisotopic (exact) mass is 299 g/mol. The highest BCUT2D eigenvalue weighted by molar-refractivity contribution is 5.94. The van der Waals surface area contributed by atoms with Gasteiger partial charge >= 0.3 is 0 Å². The van der Waals surface area contributed by atoms with Gasteiger partial charge in [-0.05, 0) is 57.4 Å². The normalized spacial score (nSPS) is 25.3. The summed E-state index contributed by atoms with van der Waals surface area (Å²) < 4.78 is 5.75. The lowest BCUT2D eigenvalue weighted by Crippen LogP contribution is -2.40. The number of rotatable bonds is 3. The van der Waals surface area contributed by atoms with Crippen molar-refractivity contribution < 1.29 is 9.21 Å². The molecule has 4 rings (SSSR count). The highest BCUT2D eigenvalue weighted by Gasteiger charge is 2.29. The lowest BCUT2D eigenvalue weighted by atomic mass is 9.92. The number of nitrogens with zero attached hydrogens (tertiary/aromatic N) is 1. The highest BCUT2D eigenvalue weighted by atomic mass is 16.3. The number of oxazole rings is 1. The van der Waals surface area contributed by atoms with Crippen LogP contribution in [0.1, 0.15) is 44.4 Å². The second-order valence-electron chi connectivity index (χ2n) is 6.57. The van der Waals surface area contributed by atoms with E-state index in [1.54, 1.807) is 0 Å². The van der Waals surface area contributed by atoms with Gasteiger partial charge in [0.2, 0.25) is 5.91 Å². The first kappa shape index (κ1) is 13.8. The number of piperidine rings is 1. The second kappa shape index (κ2) is 5.39. The smallest absolute Gasteiger partial charge is 0.227 e. The molecular formula is C17H21N3O2. The molecule has 2 aromatic rings. The van der Waals surface area contributed by atoms with Crippen molar-refractivity contribution >= 4 is 22.7 Å². The lowest BCUT2D eigenvalue weighted by molar-refractivity contribution is -0.120. The van der Waals surface area contributed by atoms with Gasteiger partial charge in [-0.15, -0.1) is 0 Å². The van der Waals surface area contributed by atoms with E-state index >= 15 is 0 Å². The fourth-order valence-corrected chi connectivity index (χ4v) is 3.14. The maximum Gasteiger partial charge on any atom is 0.227 e. The third-order valence-corrected chi connectivity index (χ3v) is 4.59. The van der Waals surface area contributed by atoms with Crippen molar-refractivity contribution in [1.29, 1.82) is 0 Å². The van der Waals surface area contributed by atoms with E-state index in [1.807, 2.05) is 18.2 Å². The van der Waals surface area contributed by atoms with Crippen molar-refractivity contribution in [1.82, 2.24) is 10.3 Å². The minimum absolute atomic E-state index is 0.0891. The molecule has 0 unspecified atom stereocenters. The number of carbonyl (C=O) groups excluding carboxylic acids is 1. The fraction of sp³-hybridized carbons (Fsp3) is 0.529. The second-order valence-corrected chi connectivity index (χ2v) is 6.57. The van der Waals surface area contributed by atoms with E-state index in [4.69, 9.17) is 4.42 Å². The molecule has 1 saturated heterocycles. The average Bonchev–Trinajstić information content (AvgIpc) is 3.27. The SMILES string of the molecule is C[C@H]1C[C@@H](C(=O)Nc2ccc3oc(C4CC4)nc3c2)CCN1. The summed E-state index contributed by atoms with van der Waals surface area (Å²) in [5.41, 5.74) is 2.44. The standard InChI is InChI=1S/C17H21N3O2/c1-10-8-12(6-7-18-10)16(21)19-13-4-5-15-14(9-13)20-17(22-15)11-2-3-11/h4-5,9-12,18H,2-3,6-8H2,1H3,(H,19,21)/t10-,12-/m0/s1. The summed E-state index contributed by atoms with van der Waals surface area (Å²) in [5.74, 6) is 1.54. The molecule has 0 radical (unpaired) electrons. The van der Waals surface area contributed by atoms with Crippen molar-refractivity contribution in [2.75, 3.05) is 11.9 Å². The number of benzene rings is 1. The summed E-state index contributed by atoms with van der Waals surface area (Å²) >= 11 is 0. The number of carbonyl (C=O) groups is 1. The van der Waals surface area contributed by atoms with Gasteiger partial charge in [0.25, 0.3) is 0 Å². The Morgan fingerprint density at radius 2 is 2.23 bits per heavy atom. The molecular weight excluding hydrogens is 278 g/mol. The maximum atomic E-state index is 12.4. The van der Waals surface area contributed by atoms with Crippen LogP contribution in [0.2, 0.25) is 0 Å². The van der Waals surface area contributed by atoms with Gasteiger partial charge in [-0.25, -0.2) is 4.98 Å². The van der Waals surface area contributed by atoms with E-state index in [0.717, 1.165) is 42.1 Å². The summed E-state index contributed by atoms with van der Waals surface area (Å²) in [6.07, 6.45) is 4.13. The third kappa shape index (κ3) is 2.73. The zero-order valence-corrected chi connectivity index (χ0v) is 12.8. The Hall–Kier alpha value is -1.88. The summed E-state index contributed by atoms with van der Waals surface area (Å²) in [6, 6.07) is 6.11. The van der Waals surface area contributed by atoms with E-state index < -0.39 is 0 Å². The molecule has 5 nitrogen and oxygen atoms in total. The van der Waals surface area contributed by atoms with Crippen LogP contribution in [-0.2, 0) is 4.79 Å². The Morgan fingerprint density at radius 1 is 1.36 bits per heavy atom. The van der Waals surface area contributed by atoms with Crippen LogP contribution in [-0.4, -0.2) is 23.5 Å². The van der Waals surface area contributed by atoms with Gasteiger partial charge in [0.15, 0.2) is 11.5 Å². The number of amides is 1. The molecule has 22 heavy (non-hydrogen) atoms. The Labute approximate surface area is 129 Å². The van der Waals surface area contributed by atoms with Crippen LogP contribution in [0.5, 0.6) is 0 Å². The number of fused-ring (bicyclic) bond motifs is 1. The first-order valence-corrected chi connectivity index (χ1v) is 8.14. The van der Waals surface area contributed by atoms with Crippen molar-refractivity contribution in [3.8, 4) is 0 Å². The number of hydrogen-bond acceptors (Lipinski definition) is 4. The molecule has 2 heterocycles. The van der Waals surface area contributed by atoms with Crippen molar-refractivity contribution in [2.24, 2.45) is 5.92 Å². The summed E-state index contributed by atoms with van der Waals surface area (Å²) in [6.45, 7) is 3.03. The predicted molar refractivity (Wildman–Crippen MR) is 84.8 cm³/mol. The van der Waals surface area contributed by atoms with Crippen molar-refractivity contribution in [3.05, 3.63) is 24.1 Å². The van der Waals surface area contributed by atoms with Gasteiger partial charge in [0.05, 0.1) is 0 Å². The number of nitrogens with one attached hydrogen (secondary N) is 2. The highest BCUT2D eigenvalue weighted by Crippen LogP contribution is 2.40. The van der Waals surface area contributed by atoms with Crippen molar-refractivity contribution in [2.45, 2.75) is 44.6 Å². The van der Waals surface area contributed by atoms with Crippen LogP contribution in [0.25, 0.3) is 11.1 Å². The largest absolute Gasteiger partial charge is 0.440 e. The minimum Gasteiger partial charge on any atom is -0.440 e. The zero-order chi connectivity index (χ0) is 15.1. The number of hydrogen-bond donors (Lipinski definition) is 2. The van der Waals surface area contributed by atoms with E-state index in [1.165, 1.54) is 12.8 Å². The first-order chi connectivity index (χ1) is 10.7. The molecule has 2 N–H and O–H groups in total. The Morgan fingerprint density at radius 3 is 3.00 bits per heavy atom.